The van der Waals surface area contributed by atoms with Crippen LogP contribution >= 0.6 is 0 Å². The molecule has 1 aromatic carbocycles. The molecule has 26 heavy (non-hydrogen) atoms. The highest BCUT2D eigenvalue weighted by Gasteiger charge is 2.41. The van der Waals surface area contributed by atoms with Crippen LogP contribution in [0, 0.1) is 10.1 Å². The molecule has 3 heterocycles. The fourth-order valence-corrected chi connectivity index (χ4v) is 5.14. The van der Waals surface area contributed by atoms with Gasteiger partial charge in [0.05, 0.1) is 11.0 Å². The van der Waals surface area contributed by atoms with Crippen LogP contribution in [0.5, 0.6) is 0 Å². The Morgan fingerprint density at radius 1 is 1.12 bits per heavy atom. The van der Waals surface area contributed by atoms with Gasteiger partial charge in [-0.1, -0.05) is 18.2 Å². The summed E-state index contributed by atoms with van der Waals surface area (Å²) in [5.41, 5.74) is 0.196. The van der Waals surface area contributed by atoms with Gasteiger partial charge in [0.1, 0.15) is 0 Å². The van der Waals surface area contributed by atoms with Crippen molar-refractivity contribution in [2.45, 2.75) is 23.8 Å². The number of nitro benzene ring substituents is 1. The molecule has 2 aromatic heterocycles. The lowest BCUT2D eigenvalue weighted by molar-refractivity contribution is -0.387. The maximum Gasteiger partial charge on any atom is 0.289 e. The quantitative estimate of drug-likeness (QED) is 0.512. The minimum absolute atomic E-state index is 0.279. The van der Waals surface area contributed by atoms with Gasteiger partial charge in [0.2, 0.25) is 0 Å². The van der Waals surface area contributed by atoms with E-state index in [0.717, 1.165) is 0 Å². The van der Waals surface area contributed by atoms with Crippen LogP contribution in [0.1, 0.15) is 24.7 Å². The van der Waals surface area contributed by atoms with Gasteiger partial charge in [-0.3, -0.25) is 14.5 Å². The highest BCUT2D eigenvalue weighted by atomic mass is 32.2. The number of benzene rings is 1. The van der Waals surface area contributed by atoms with E-state index in [0.29, 0.717) is 24.3 Å². The maximum absolute atomic E-state index is 13.2. The summed E-state index contributed by atoms with van der Waals surface area (Å²) in [6, 6.07) is 10.3. The van der Waals surface area contributed by atoms with Crippen molar-refractivity contribution >= 4 is 21.4 Å². The minimum atomic E-state index is -4.05. The number of fused-ring (bicyclic) bond motifs is 1. The van der Waals surface area contributed by atoms with Gasteiger partial charge in [-0.15, -0.1) is 10.2 Å². The van der Waals surface area contributed by atoms with Gasteiger partial charge in [0.25, 0.3) is 15.7 Å². The first-order valence-electron chi connectivity index (χ1n) is 8.05. The molecule has 1 fully saturated rings. The topological polar surface area (TPSA) is 111 Å². The number of hydrogen-bond donors (Lipinski definition) is 0. The van der Waals surface area contributed by atoms with E-state index in [2.05, 4.69) is 10.2 Å². The molecule has 10 heteroatoms. The summed E-state index contributed by atoms with van der Waals surface area (Å²) in [4.78, 5) is 10.3. The van der Waals surface area contributed by atoms with E-state index >= 15 is 0 Å². The number of pyridine rings is 1. The standard InChI is InChI=1S/C16H15N5O4S/c22-21(23)12-6-1-2-8-14(12)26(24,25)20-11-5-7-13(20)16-18-17-15-9-3-4-10-19(15)16/h1-4,6,8-10,13H,5,7,11H2. The van der Waals surface area contributed by atoms with Crippen LogP contribution in [0.3, 0.4) is 0 Å². The van der Waals surface area contributed by atoms with Crippen molar-refractivity contribution < 1.29 is 13.3 Å². The van der Waals surface area contributed by atoms with E-state index in [4.69, 9.17) is 0 Å². The van der Waals surface area contributed by atoms with E-state index < -0.39 is 26.7 Å². The van der Waals surface area contributed by atoms with Crippen LogP contribution in [-0.2, 0) is 10.0 Å². The molecule has 1 aliphatic heterocycles. The third kappa shape index (κ3) is 2.54. The third-order valence-corrected chi connectivity index (χ3v) is 6.45. The van der Waals surface area contributed by atoms with Crippen molar-refractivity contribution in [3.8, 4) is 0 Å². The molecule has 1 atom stereocenters. The molecule has 134 valence electrons. The second-order valence-corrected chi connectivity index (χ2v) is 7.84. The first-order chi connectivity index (χ1) is 12.5. The number of hydrogen-bond acceptors (Lipinski definition) is 6. The van der Waals surface area contributed by atoms with Crippen LogP contribution in [-0.4, -0.2) is 38.8 Å². The number of para-hydroxylation sites is 1. The van der Waals surface area contributed by atoms with Crippen molar-refractivity contribution in [1.82, 2.24) is 18.9 Å². The highest BCUT2D eigenvalue weighted by molar-refractivity contribution is 7.89. The van der Waals surface area contributed by atoms with Crippen LogP contribution in [0.15, 0.2) is 53.6 Å². The Balaban J connectivity index is 1.81. The fraction of sp³-hybridized carbons (Fsp3) is 0.250. The zero-order valence-electron chi connectivity index (χ0n) is 13.6. The number of nitro groups is 1. The first-order valence-corrected chi connectivity index (χ1v) is 9.49. The largest absolute Gasteiger partial charge is 0.289 e. The van der Waals surface area contributed by atoms with Crippen LogP contribution in [0.25, 0.3) is 5.65 Å². The van der Waals surface area contributed by atoms with Crippen molar-refractivity contribution in [3.05, 3.63) is 64.6 Å². The summed E-state index contributed by atoms with van der Waals surface area (Å²) >= 11 is 0. The molecule has 1 aliphatic rings. The lowest BCUT2D eigenvalue weighted by Crippen LogP contribution is -2.32. The lowest BCUT2D eigenvalue weighted by Gasteiger charge is -2.22. The molecule has 4 rings (SSSR count). The SMILES string of the molecule is O=[N+]([O-])c1ccccc1S(=O)(=O)N1CCCC1c1nnc2ccccn12. The molecule has 9 nitrogen and oxygen atoms in total. The normalized spacial score (nSPS) is 18.4. The Bertz CT molecular complexity index is 1090. The Labute approximate surface area is 149 Å². The van der Waals surface area contributed by atoms with E-state index in [1.807, 2.05) is 12.1 Å². The summed E-state index contributed by atoms with van der Waals surface area (Å²) in [6.07, 6.45) is 3.00. The van der Waals surface area contributed by atoms with Crippen molar-refractivity contribution in [2.75, 3.05) is 6.54 Å². The predicted octanol–water partition coefficient (Wildman–Crippen LogP) is 2.16. The highest BCUT2D eigenvalue weighted by Crippen LogP contribution is 2.37. The average Bonchev–Trinajstić information content (AvgIpc) is 3.28. The Kier molecular flexibility index (Phi) is 3.93. The maximum atomic E-state index is 13.2. The van der Waals surface area contributed by atoms with Crippen LogP contribution < -0.4 is 0 Å². The number of sulfonamides is 1. The summed E-state index contributed by atoms with van der Waals surface area (Å²) < 4.78 is 29.4. The van der Waals surface area contributed by atoms with Crippen LogP contribution in [0.4, 0.5) is 5.69 Å². The predicted molar refractivity (Wildman–Crippen MR) is 92.0 cm³/mol. The van der Waals surface area contributed by atoms with E-state index in [1.54, 1.807) is 16.7 Å². The minimum Gasteiger partial charge on any atom is -0.285 e. The fourth-order valence-electron chi connectivity index (χ4n) is 3.33. The Morgan fingerprint density at radius 2 is 1.88 bits per heavy atom. The number of rotatable bonds is 4. The molecule has 0 bridgehead atoms. The molecule has 0 spiro atoms. The molecular formula is C16H15N5O4S. The molecule has 0 N–H and O–H groups in total. The van der Waals surface area contributed by atoms with Gasteiger partial charge in [0, 0.05) is 18.8 Å². The number of aromatic nitrogens is 3. The van der Waals surface area contributed by atoms with Crippen molar-refractivity contribution in [1.29, 1.82) is 0 Å². The van der Waals surface area contributed by atoms with Gasteiger partial charge in [-0.2, -0.15) is 4.31 Å². The van der Waals surface area contributed by atoms with Gasteiger partial charge in [0.15, 0.2) is 16.4 Å². The van der Waals surface area contributed by atoms with E-state index in [1.165, 1.54) is 28.6 Å². The van der Waals surface area contributed by atoms with E-state index in [9.17, 15) is 18.5 Å². The first kappa shape index (κ1) is 16.6. The summed E-state index contributed by atoms with van der Waals surface area (Å²) in [5, 5.41) is 19.5. The third-order valence-electron chi connectivity index (χ3n) is 4.49. The number of nitrogens with zero attached hydrogens (tertiary/aromatic N) is 5. The molecule has 1 saturated heterocycles. The molecule has 0 saturated carbocycles. The van der Waals surface area contributed by atoms with Gasteiger partial charge >= 0.3 is 0 Å². The van der Waals surface area contributed by atoms with Gasteiger partial charge < -0.3 is 0 Å². The zero-order chi connectivity index (χ0) is 18.3. The summed E-state index contributed by atoms with van der Waals surface area (Å²) in [6.45, 7) is 0.279. The smallest absolute Gasteiger partial charge is 0.285 e. The lowest BCUT2D eigenvalue weighted by atomic mass is 10.2. The molecule has 3 aromatic rings. The summed E-state index contributed by atoms with van der Waals surface area (Å²) in [7, 11) is -4.05. The Hall–Kier alpha value is -2.85. The molecule has 1 unspecified atom stereocenters. The zero-order valence-corrected chi connectivity index (χ0v) is 14.4. The van der Waals surface area contributed by atoms with Crippen molar-refractivity contribution in [3.63, 3.8) is 0 Å². The Morgan fingerprint density at radius 3 is 2.69 bits per heavy atom. The van der Waals surface area contributed by atoms with Crippen LogP contribution in [0.2, 0.25) is 0 Å². The monoisotopic (exact) mass is 373 g/mol. The molecule has 0 radical (unpaired) electrons. The second kappa shape index (κ2) is 6.15. The molecule has 0 aliphatic carbocycles. The van der Waals surface area contributed by atoms with Crippen molar-refractivity contribution in [2.24, 2.45) is 0 Å². The van der Waals surface area contributed by atoms with E-state index in [-0.39, 0.29) is 11.4 Å². The van der Waals surface area contributed by atoms with Gasteiger partial charge in [-0.05, 0) is 31.0 Å². The second-order valence-electron chi connectivity index (χ2n) is 5.99. The summed E-state index contributed by atoms with van der Waals surface area (Å²) in [5.74, 6) is 0.514. The molecule has 0 amide bonds. The average molecular weight is 373 g/mol. The molecular weight excluding hydrogens is 358 g/mol. The van der Waals surface area contributed by atoms with Gasteiger partial charge in [-0.25, -0.2) is 8.42 Å².